The fourth-order valence-corrected chi connectivity index (χ4v) is 4.09. The molecule has 0 spiro atoms. The summed E-state index contributed by atoms with van der Waals surface area (Å²) in [6.45, 7) is 2.05. The number of ether oxygens (including phenoxy) is 2. The van der Waals surface area contributed by atoms with Crippen LogP contribution in [0.5, 0.6) is 11.5 Å². The zero-order chi connectivity index (χ0) is 30.7. The van der Waals surface area contributed by atoms with Gasteiger partial charge in [-0.3, -0.25) is 0 Å². The molecule has 4 rings (SSSR count). The molecule has 0 aliphatic heterocycles. The SMILES string of the molecule is CCCc1ccc(-c2ccc(-c3ccc(C(F)(F)Oc4cc(F)c(OC=CC(F)(F)F)c(F)c4)c(F)c3)c(F)c2)cc1. The molecule has 4 aromatic carbocycles. The maximum Gasteiger partial charge on any atom is 0.429 e. The van der Waals surface area contributed by atoms with Gasteiger partial charge in [-0.05, 0) is 46.9 Å². The predicted molar refractivity (Wildman–Crippen MR) is 138 cm³/mol. The number of hydrogen-bond acceptors (Lipinski definition) is 2. The van der Waals surface area contributed by atoms with Crippen LogP contribution in [-0.2, 0) is 12.5 Å². The van der Waals surface area contributed by atoms with Crippen LogP contribution in [0.15, 0.2) is 85.1 Å². The van der Waals surface area contributed by atoms with Crippen molar-refractivity contribution in [2.75, 3.05) is 0 Å². The second-order valence-electron chi connectivity index (χ2n) is 9.13. The molecule has 42 heavy (non-hydrogen) atoms. The van der Waals surface area contributed by atoms with Crippen LogP contribution in [0.4, 0.5) is 39.5 Å². The lowest BCUT2D eigenvalue weighted by molar-refractivity contribution is -0.187. The summed E-state index contributed by atoms with van der Waals surface area (Å²) in [7, 11) is 0. The van der Waals surface area contributed by atoms with Crippen molar-refractivity contribution in [2.24, 2.45) is 0 Å². The van der Waals surface area contributed by atoms with Gasteiger partial charge in [-0.15, -0.1) is 0 Å². The minimum atomic E-state index is -4.83. The molecular weight excluding hydrogens is 575 g/mol. The molecule has 0 saturated heterocycles. The lowest BCUT2D eigenvalue weighted by atomic mass is 9.97. The average molecular weight is 596 g/mol. The van der Waals surface area contributed by atoms with E-state index in [0.717, 1.165) is 30.0 Å². The fraction of sp³-hybridized carbons (Fsp3) is 0.161. The first-order valence-corrected chi connectivity index (χ1v) is 12.4. The molecule has 2 nitrogen and oxygen atoms in total. The number of hydrogen-bond donors (Lipinski definition) is 0. The Balaban J connectivity index is 1.53. The zero-order valence-electron chi connectivity index (χ0n) is 21.7. The number of rotatable bonds is 9. The largest absolute Gasteiger partial charge is 0.459 e. The normalized spacial score (nSPS) is 12.1. The van der Waals surface area contributed by atoms with Gasteiger partial charge in [0, 0.05) is 17.7 Å². The average Bonchev–Trinajstić information content (AvgIpc) is 2.90. The molecular formula is C31H21F9O2. The molecule has 0 aromatic heterocycles. The van der Waals surface area contributed by atoms with Crippen molar-refractivity contribution < 1.29 is 49.0 Å². The first kappa shape index (κ1) is 30.5. The highest BCUT2D eigenvalue weighted by atomic mass is 19.4. The van der Waals surface area contributed by atoms with Gasteiger partial charge in [0.2, 0.25) is 0 Å². The summed E-state index contributed by atoms with van der Waals surface area (Å²) >= 11 is 0. The molecule has 0 saturated carbocycles. The zero-order valence-corrected chi connectivity index (χ0v) is 21.7. The van der Waals surface area contributed by atoms with Crippen molar-refractivity contribution in [3.63, 3.8) is 0 Å². The Morgan fingerprint density at radius 3 is 1.83 bits per heavy atom. The lowest BCUT2D eigenvalue weighted by Crippen LogP contribution is -2.23. The van der Waals surface area contributed by atoms with E-state index in [0.29, 0.717) is 17.7 Å². The summed E-state index contributed by atoms with van der Waals surface area (Å²) in [5, 5.41) is 0. The highest BCUT2D eigenvalue weighted by molar-refractivity contribution is 5.71. The number of halogens is 9. The first-order chi connectivity index (χ1) is 19.8. The molecule has 0 atom stereocenters. The summed E-state index contributed by atoms with van der Waals surface area (Å²) in [4.78, 5) is 0. The second kappa shape index (κ2) is 12.2. The van der Waals surface area contributed by atoms with Crippen LogP contribution in [0.25, 0.3) is 22.3 Å². The minimum absolute atomic E-state index is 0.0331. The van der Waals surface area contributed by atoms with E-state index in [2.05, 4.69) is 16.4 Å². The number of aryl methyl sites for hydroxylation is 1. The van der Waals surface area contributed by atoms with E-state index < -0.39 is 58.7 Å². The van der Waals surface area contributed by atoms with Gasteiger partial charge in [0.1, 0.15) is 17.4 Å². The van der Waals surface area contributed by atoms with Crippen molar-refractivity contribution in [1.29, 1.82) is 0 Å². The van der Waals surface area contributed by atoms with Crippen LogP contribution in [-0.4, -0.2) is 6.18 Å². The van der Waals surface area contributed by atoms with E-state index in [1.165, 1.54) is 12.1 Å². The maximum absolute atomic E-state index is 15.0. The van der Waals surface area contributed by atoms with Crippen molar-refractivity contribution >= 4 is 0 Å². The van der Waals surface area contributed by atoms with Crippen LogP contribution in [0.2, 0.25) is 0 Å². The van der Waals surface area contributed by atoms with Crippen LogP contribution < -0.4 is 9.47 Å². The van der Waals surface area contributed by atoms with Crippen molar-refractivity contribution in [1.82, 2.24) is 0 Å². The molecule has 0 aliphatic carbocycles. The summed E-state index contributed by atoms with van der Waals surface area (Å²) in [6.07, 6.45) is -7.87. The Morgan fingerprint density at radius 1 is 0.667 bits per heavy atom. The van der Waals surface area contributed by atoms with E-state index in [9.17, 15) is 39.5 Å². The molecule has 4 aromatic rings. The smallest absolute Gasteiger partial charge is 0.429 e. The lowest BCUT2D eigenvalue weighted by Gasteiger charge is -2.20. The van der Waals surface area contributed by atoms with E-state index in [1.54, 1.807) is 6.07 Å². The van der Waals surface area contributed by atoms with Gasteiger partial charge in [0.05, 0.1) is 17.9 Å². The van der Waals surface area contributed by atoms with E-state index in [1.807, 2.05) is 24.3 Å². The van der Waals surface area contributed by atoms with E-state index in [-0.39, 0.29) is 29.5 Å². The highest BCUT2D eigenvalue weighted by Crippen LogP contribution is 2.38. The van der Waals surface area contributed by atoms with Gasteiger partial charge in [0.15, 0.2) is 17.4 Å². The molecule has 0 aliphatic rings. The molecule has 11 heteroatoms. The Labute approximate surface area is 234 Å². The van der Waals surface area contributed by atoms with Gasteiger partial charge < -0.3 is 9.47 Å². The molecule has 0 bridgehead atoms. The minimum Gasteiger partial charge on any atom is -0.459 e. The Hall–Kier alpha value is -4.41. The van der Waals surface area contributed by atoms with Crippen LogP contribution in [0.3, 0.4) is 0 Å². The molecule has 0 amide bonds. The predicted octanol–water partition coefficient (Wildman–Crippen LogP) is 10.1. The van der Waals surface area contributed by atoms with Gasteiger partial charge >= 0.3 is 12.3 Å². The maximum atomic E-state index is 15.0. The van der Waals surface area contributed by atoms with Crippen molar-refractivity contribution in [3.05, 3.63) is 120 Å². The van der Waals surface area contributed by atoms with Gasteiger partial charge in [-0.1, -0.05) is 55.8 Å². The number of allylic oxidation sites excluding steroid dienone is 1. The van der Waals surface area contributed by atoms with Gasteiger partial charge in [-0.25, -0.2) is 17.6 Å². The molecule has 0 unspecified atom stereocenters. The van der Waals surface area contributed by atoms with Crippen molar-refractivity contribution in [3.8, 4) is 33.8 Å². The summed E-state index contributed by atoms with van der Waals surface area (Å²) < 4.78 is 133. The number of benzene rings is 4. The topological polar surface area (TPSA) is 18.5 Å². The van der Waals surface area contributed by atoms with Crippen LogP contribution in [0.1, 0.15) is 24.5 Å². The molecule has 220 valence electrons. The van der Waals surface area contributed by atoms with Crippen LogP contribution in [0, 0.1) is 23.3 Å². The Bertz CT molecular complexity index is 1570. The van der Waals surface area contributed by atoms with E-state index >= 15 is 0 Å². The molecule has 0 radical (unpaired) electrons. The third kappa shape index (κ3) is 7.26. The summed E-state index contributed by atoms with van der Waals surface area (Å²) in [5.41, 5.74) is 1.01. The summed E-state index contributed by atoms with van der Waals surface area (Å²) in [5.74, 6) is -7.93. The fourth-order valence-electron chi connectivity index (χ4n) is 4.09. The summed E-state index contributed by atoms with van der Waals surface area (Å²) in [6, 6.07) is 14.6. The highest BCUT2D eigenvalue weighted by Gasteiger charge is 2.38. The third-order valence-corrected chi connectivity index (χ3v) is 6.05. The Kier molecular flexibility index (Phi) is 8.89. The van der Waals surface area contributed by atoms with Crippen LogP contribution >= 0.6 is 0 Å². The standard InChI is InChI=1S/C31H21F9O2/c1-2-3-18-4-6-19(7-5-18)20-8-10-23(25(32)14-20)21-9-11-24(26(33)15-21)31(39,40)42-22-16-27(34)29(28(35)17-22)41-13-12-30(36,37)38/h4-17H,2-3H2,1H3. The molecule has 0 fully saturated rings. The van der Waals surface area contributed by atoms with E-state index in [4.69, 9.17) is 0 Å². The third-order valence-electron chi connectivity index (χ3n) is 6.05. The van der Waals surface area contributed by atoms with Crippen molar-refractivity contribution in [2.45, 2.75) is 32.1 Å². The monoisotopic (exact) mass is 596 g/mol. The Morgan fingerprint density at radius 2 is 1.26 bits per heavy atom. The van der Waals surface area contributed by atoms with Gasteiger partial charge in [0.25, 0.3) is 0 Å². The number of alkyl halides is 5. The van der Waals surface area contributed by atoms with Gasteiger partial charge in [-0.2, -0.15) is 22.0 Å². The first-order valence-electron chi connectivity index (χ1n) is 12.4. The molecule has 0 N–H and O–H groups in total. The second-order valence-corrected chi connectivity index (χ2v) is 9.13. The quantitative estimate of drug-likeness (QED) is 0.141. The molecule has 0 heterocycles.